The number of hydrogen-bond acceptors (Lipinski definition) is 2. The predicted molar refractivity (Wildman–Crippen MR) is 61.8 cm³/mol. The minimum absolute atomic E-state index is 0.160. The van der Waals surface area contributed by atoms with Crippen LogP contribution < -0.4 is 0 Å². The number of hydrogen-bond donors (Lipinski definition) is 0. The molecule has 0 saturated carbocycles. The summed E-state index contributed by atoms with van der Waals surface area (Å²) < 4.78 is 10.6. The molecule has 78 valence electrons. The van der Waals surface area contributed by atoms with Gasteiger partial charge in [0.15, 0.2) is 0 Å². The van der Waals surface area contributed by atoms with E-state index in [1.165, 1.54) is 18.5 Å². The van der Waals surface area contributed by atoms with Crippen LogP contribution in [0, 0.1) is 0 Å². The highest BCUT2D eigenvalue weighted by Gasteiger charge is 2.33. The molecule has 1 rings (SSSR count). The van der Waals surface area contributed by atoms with Gasteiger partial charge in [0, 0.05) is 22.3 Å². The Morgan fingerprint density at radius 1 is 1.31 bits per heavy atom. The maximum Gasteiger partial charge on any atom is 0.134 e. The third-order valence-electron chi connectivity index (χ3n) is 3.12. The van der Waals surface area contributed by atoms with Gasteiger partial charge in [-0.25, -0.2) is 0 Å². The second kappa shape index (κ2) is 4.73. The molecule has 4 heteroatoms. The fourth-order valence-corrected chi connectivity index (χ4v) is 10.3. The van der Waals surface area contributed by atoms with E-state index < -0.39 is 8.07 Å². The molecule has 1 aliphatic rings. The fraction of sp³-hybridized carbons (Fsp3) is 1.00. The second-order valence-corrected chi connectivity index (χ2v) is 12.4. The van der Waals surface area contributed by atoms with E-state index in [4.69, 9.17) is 9.47 Å². The van der Waals surface area contributed by atoms with Gasteiger partial charge in [-0.1, -0.05) is 31.6 Å². The first-order valence-electron chi connectivity index (χ1n) is 5.13. The molecular formula is C9H22O2Si2. The third kappa shape index (κ3) is 3.54. The second-order valence-electron chi connectivity index (χ2n) is 4.91. The first kappa shape index (κ1) is 11.4. The average molecular weight is 218 g/mol. The van der Waals surface area contributed by atoms with Crippen LogP contribution in [0.5, 0.6) is 0 Å². The molecule has 0 aromatic carbocycles. The summed E-state index contributed by atoms with van der Waals surface area (Å²) in [7, 11) is 2.58. The Balaban J connectivity index is 2.31. The first-order chi connectivity index (χ1) is 6.07. The van der Waals surface area contributed by atoms with Gasteiger partial charge in [-0.2, -0.15) is 0 Å². The Hall–Kier alpha value is 0.354. The molecule has 13 heavy (non-hydrogen) atoms. The van der Waals surface area contributed by atoms with Crippen molar-refractivity contribution in [3.05, 3.63) is 0 Å². The van der Waals surface area contributed by atoms with Crippen LogP contribution in [-0.4, -0.2) is 37.7 Å². The standard InChI is InChI=1S/C9H22O2Si2/c1-10-9(11-2)12-8-5-6-13(3,4)7-8/h8-9H,5-7,12H2,1-4H3. The van der Waals surface area contributed by atoms with Gasteiger partial charge in [-0.05, 0) is 5.54 Å². The van der Waals surface area contributed by atoms with E-state index in [1.807, 2.05) is 0 Å². The summed E-state index contributed by atoms with van der Waals surface area (Å²) >= 11 is 0. The molecule has 2 nitrogen and oxygen atoms in total. The van der Waals surface area contributed by atoms with Crippen LogP contribution in [0.2, 0.25) is 30.7 Å². The summed E-state index contributed by atoms with van der Waals surface area (Å²) in [6.07, 6.45) is 1.45. The lowest BCUT2D eigenvalue weighted by Gasteiger charge is -2.18. The minimum Gasteiger partial charge on any atom is -0.360 e. The van der Waals surface area contributed by atoms with Crippen molar-refractivity contribution in [3.63, 3.8) is 0 Å². The molecule has 0 N–H and O–H groups in total. The maximum atomic E-state index is 5.28. The zero-order valence-corrected chi connectivity index (χ0v) is 11.7. The van der Waals surface area contributed by atoms with E-state index in [-0.39, 0.29) is 15.4 Å². The van der Waals surface area contributed by atoms with E-state index in [1.54, 1.807) is 14.2 Å². The third-order valence-corrected chi connectivity index (χ3v) is 9.44. The molecule has 0 aromatic rings. The summed E-state index contributed by atoms with van der Waals surface area (Å²) in [6.45, 7) is 5.02. The van der Waals surface area contributed by atoms with Gasteiger partial charge in [-0.3, -0.25) is 0 Å². The smallest absolute Gasteiger partial charge is 0.134 e. The van der Waals surface area contributed by atoms with Gasteiger partial charge in [0.05, 0.1) is 9.52 Å². The lowest BCUT2D eigenvalue weighted by molar-refractivity contribution is -0.0447. The molecule has 1 fully saturated rings. The van der Waals surface area contributed by atoms with Gasteiger partial charge < -0.3 is 9.47 Å². The highest BCUT2D eigenvalue weighted by molar-refractivity contribution is 6.79. The summed E-state index contributed by atoms with van der Waals surface area (Å²) in [5.41, 5.74) is 0.992. The van der Waals surface area contributed by atoms with Crippen molar-refractivity contribution in [2.75, 3.05) is 14.2 Å². The Morgan fingerprint density at radius 2 is 1.92 bits per heavy atom. The predicted octanol–water partition coefficient (Wildman–Crippen LogP) is 1.63. The molecule has 1 saturated heterocycles. The first-order valence-corrected chi connectivity index (χ1v) is 10.2. The van der Waals surface area contributed by atoms with Crippen molar-refractivity contribution in [1.29, 1.82) is 0 Å². The van der Waals surface area contributed by atoms with Crippen molar-refractivity contribution in [3.8, 4) is 0 Å². The molecule has 0 aromatic heterocycles. The minimum atomic E-state index is -0.772. The Labute approximate surface area is 84.8 Å². The Kier molecular flexibility index (Phi) is 4.16. The lowest BCUT2D eigenvalue weighted by atomic mass is 10.4. The van der Waals surface area contributed by atoms with Crippen LogP contribution in [0.3, 0.4) is 0 Å². The van der Waals surface area contributed by atoms with Crippen LogP contribution in [0.15, 0.2) is 0 Å². The quantitative estimate of drug-likeness (QED) is 0.527. The summed E-state index contributed by atoms with van der Waals surface area (Å²) in [6, 6.07) is 3.03. The number of rotatable bonds is 4. The van der Waals surface area contributed by atoms with E-state index >= 15 is 0 Å². The van der Waals surface area contributed by atoms with Crippen LogP contribution in [-0.2, 0) is 9.47 Å². The van der Waals surface area contributed by atoms with Crippen molar-refractivity contribution in [2.45, 2.75) is 43.1 Å². The van der Waals surface area contributed by atoms with E-state index in [0.717, 1.165) is 5.54 Å². The molecule has 0 aliphatic carbocycles. The molecule has 0 bridgehead atoms. The number of ether oxygens (including phenoxy) is 2. The zero-order chi connectivity index (χ0) is 9.90. The molecule has 1 aliphatic heterocycles. The van der Waals surface area contributed by atoms with Gasteiger partial charge >= 0.3 is 0 Å². The van der Waals surface area contributed by atoms with Crippen molar-refractivity contribution in [2.24, 2.45) is 0 Å². The van der Waals surface area contributed by atoms with Crippen molar-refractivity contribution in [1.82, 2.24) is 0 Å². The summed E-state index contributed by atoms with van der Waals surface area (Å²) in [5, 5.41) is 0. The molecule has 0 radical (unpaired) electrons. The SMILES string of the molecule is COC(OC)[SiH2]C1CC[Si](C)(C)C1. The van der Waals surface area contributed by atoms with Gasteiger partial charge in [0.25, 0.3) is 0 Å². The van der Waals surface area contributed by atoms with E-state index in [9.17, 15) is 0 Å². The molecule has 0 spiro atoms. The Morgan fingerprint density at radius 3 is 2.31 bits per heavy atom. The van der Waals surface area contributed by atoms with Crippen LogP contribution in [0.4, 0.5) is 0 Å². The largest absolute Gasteiger partial charge is 0.360 e. The Bertz CT molecular complexity index is 158. The van der Waals surface area contributed by atoms with Crippen LogP contribution in [0.1, 0.15) is 6.42 Å². The zero-order valence-electron chi connectivity index (χ0n) is 9.30. The van der Waals surface area contributed by atoms with E-state index in [0.29, 0.717) is 0 Å². The summed E-state index contributed by atoms with van der Waals surface area (Å²) in [5.74, 6) is 0.160. The highest BCUT2D eigenvalue weighted by atomic mass is 28.3. The van der Waals surface area contributed by atoms with Crippen LogP contribution in [0.25, 0.3) is 0 Å². The maximum absolute atomic E-state index is 5.28. The fourth-order valence-electron chi connectivity index (χ4n) is 2.34. The van der Waals surface area contributed by atoms with Crippen LogP contribution >= 0.6 is 0 Å². The molecular weight excluding hydrogens is 196 g/mol. The number of methoxy groups -OCH3 is 2. The van der Waals surface area contributed by atoms with E-state index in [2.05, 4.69) is 13.1 Å². The van der Waals surface area contributed by atoms with Crippen molar-refractivity contribution < 1.29 is 9.47 Å². The van der Waals surface area contributed by atoms with Gasteiger partial charge in [-0.15, -0.1) is 0 Å². The average Bonchev–Trinajstić information content (AvgIpc) is 2.41. The monoisotopic (exact) mass is 218 g/mol. The van der Waals surface area contributed by atoms with Crippen molar-refractivity contribution >= 4 is 17.6 Å². The molecule has 0 amide bonds. The molecule has 1 heterocycles. The topological polar surface area (TPSA) is 18.5 Å². The highest BCUT2D eigenvalue weighted by Crippen LogP contribution is 2.38. The normalized spacial score (nSPS) is 27.9. The molecule has 1 atom stereocenters. The lowest BCUT2D eigenvalue weighted by Crippen LogP contribution is -2.26. The van der Waals surface area contributed by atoms with Gasteiger partial charge in [0.2, 0.25) is 0 Å². The summed E-state index contributed by atoms with van der Waals surface area (Å²) in [4.78, 5) is 0. The molecule has 1 unspecified atom stereocenters. The van der Waals surface area contributed by atoms with Gasteiger partial charge in [0.1, 0.15) is 5.91 Å².